The topological polar surface area (TPSA) is 116 Å². The Balaban J connectivity index is 1.51. The highest BCUT2D eigenvalue weighted by molar-refractivity contribution is 7.92. The van der Waals surface area contributed by atoms with Crippen molar-refractivity contribution in [3.63, 3.8) is 0 Å². The SMILES string of the molecule is CCOc1cc(/C=N\NC(=O)CN(c2ccc(OC)c(OC)c2)S(=O)(=O)c2ccc(C)cc2)ccc1OCc1cccc(Cl)c1. The van der Waals surface area contributed by atoms with Crippen molar-refractivity contribution in [1.29, 1.82) is 0 Å². The van der Waals surface area contributed by atoms with Crippen LogP contribution in [0.2, 0.25) is 5.02 Å². The first-order valence-electron chi connectivity index (χ1n) is 13.9. The Morgan fingerprint density at radius 1 is 0.889 bits per heavy atom. The van der Waals surface area contributed by atoms with Crippen LogP contribution in [0.5, 0.6) is 23.0 Å². The van der Waals surface area contributed by atoms with Gasteiger partial charge in [0.25, 0.3) is 15.9 Å². The zero-order valence-corrected chi connectivity index (χ0v) is 26.9. The first kappa shape index (κ1) is 33.2. The smallest absolute Gasteiger partial charge is 0.264 e. The van der Waals surface area contributed by atoms with Gasteiger partial charge in [0.05, 0.1) is 37.6 Å². The van der Waals surface area contributed by atoms with Crippen molar-refractivity contribution in [3.05, 3.63) is 107 Å². The van der Waals surface area contributed by atoms with E-state index in [-0.39, 0.29) is 10.6 Å². The number of benzene rings is 4. The number of hydrazone groups is 1. The number of carbonyl (C=O) groups is 1. The summed E-state index contributed by atoms with van der Waals surface area (Å²) >= 11 is 6.07. The molecule has 0 bridgehead atoms. The predicted molar refractivity (Wildman–Crippen MR) is 174 cm³/mol. The molecule has 1 amide bonds. The average Bonchev–Trinajstić information content (AvgIpc) is 3.03. The Morgan fingerprint density at radius 3 is 2.31 bits per heavy atom. The Hall–Kier alpha value is -4.74. The number of aryl methyl sites for hydroxylation is 1. The van der Waals surface area contributed by atoms with Crippen molar-refractivity contribution in [2.75, 3.05) is 31.7 Å². The number of ether oxygens (including phenoxy) is 4. The van der Waals surface area contributed by atoms with Crippen LogP contribution >= 0.6 is 11.6 Å². The minimum atomic E-state index is -4.15. The number of sulfonamides is 1. The van der Waals surface area contributed by atoms with E-state index in [2.05, 4.69) is 10.5 Å². The van der Waals surface area contributed by atoms with Crippen LogP contribution in [0.1, 0.15) is 23.6 Å². The van der Waals surface area contributed by atoms with Gasteiger partial charge < -0.3 is 18.9 Å². The van der Waals surface area contributed by atoms with Crippen LogP contribution in [0.15, 0.2) is 94.9 Å². The number of carbonyl (C=O) groups excluding carboxylic acids is 1. The molecular formula is C33H34ClN3O7S. The summed E-state index contributed by atoms with van der Waals surface area (Å²) in [6.07, 6.45) is 1.43. The summed E-state index contributed by atoms with van der Waals surface area (Å²) in [6, 6.07) is 23.6. The number of amides is 1. The molecule has 0 unspecified atom stereocenters. The number of methoxy groups -OCH3 is 2. The van der Waals surface area contributed by atoms with E-state index in [1.165, 1.54) is 44.7 Å². The van der Waals surface area contributed by atoms with Crippen molar-refractivity contribution in [2.45, 2.75) is 25.3 Å². The minimum absolute atomic E-state index is 0.0281. The second-order valence-electron chi connectivity index (χ2n) is 9.71. The van der Waals surface area contributed by atoms with Gasteiger partial charge in [0.15, 0.2) is 23.0 Å². The van der Waals surface area contributed by atoms with Gasteiger partial charge in [-0.3, -0.25) is 9.10 Å². The molecule has 0 fully saturated rings. The lowest BCUT2D eigenvalue weighted by atomic mass is 10.2. The standard InChI is InChI=1S/C33H34ClN3O7S/c1-5-43-32-18-24(11-15-30(32)44-22-25-7-6-8-26(34)17-25)20-35-36-33(38)21-37(27-12-16-29(41-3)31(19-27)42-4)45(39,40)28-13-9-23(2)10-14-28/h6-20H,5,21-22H2,1-4H3,(H,36,38)/b35-20-. The van der Waals surface area contributed by atoms with Gasteiger partial charge in [-0.05, 0) is 79.6 Å². The predicted octanol–water partition coefficient (Wildman–Crippen LogP) is 5.99. The van der Waals surface area contributed by atoms with Crippen LogP contribution in [-0.2, 0) is 21.4 Å². The zero-order valence-electron chi connectivity index (χ0n) is 25.3. The van der Waals surface area contributed by atoms with Gasteiger partial charge in [0, 0.05) is 11.1 Å². The van der Waals surface area contributed by atoms with E-state index >= 15 is 0 Å². The van der Waals surface area contributed by atoms with Gasteiger partial charge in [0.2, 0.25) is 0 Å². The minimum Gasteiger partial charge on any atom is -0.493 e. The third-order valence-electron chi connectivity index (χ3n) is 6.51. The second kappa shape index (κ2) is 15.3. The Morgan fingerprint density at radius 2 is 1.62 bits per heavy atom. The lowest BCUT2D eigenvalue weighted by molar-refractivity contribution is -0.119. The molecule has 236 valence electrons. The third-order valence-corrected chi connectivity index (χ3v) is 8.53. The number of hydrogen-bond acceptors (Lipinski definition) is 8. The zero-order chi connectivity index (χ0) is 32.4. The number of halogens is 1. The highest BCUT2D eigenvalue weighted by Gasteiger charge is 2.28. The van der Waals surface area contributed by atoms with Gasteiger partial charge in [0.1, 0.15) is 13.2 Å². The molecule has 0 aliphatic rings. The summed E-state index contributed by atoms with van der Waals surface area (Å²) in [7, 11) is -1.23. The van der Waals surface area contributed by atoms with E-state index in [9.17, 15) is 13.2 Å². The van der Waals surface area contributed by atoms with Crippen LogP contribution in [-0.4, -0.2) is 47.9 Å². The Kier molecular flexibility index (Phi) is 11.3. The van der Waals surface area contributed by atoms with Gasteiger partial charge >= 0.3 is 0 Å². The normalized spacial score (nSPS) is 11.2. The van der Waals surface area contributed by atoms with Crippen molar-refractivity contribution in [2.24, 2.45) is 5.10 Å². The molecule has 0 spiro atoms. The maximum absolute atomic E-state index is 13.7. The number of nitrogens with zero attached hydrogens (tertiary/aromatic N) is 2. The first-order valence-corrected chi connectivity index (χ1v) is 15.7. The molecule has 4 aromatic rings. The Bertz CT molecular complexity index is 1760. The summed E-state index contributed by atoms with van der Waals surface area (Å²) < 4.78 is 50.8. The molecule has 0 saturated carbocycles. The van der Waals surface area contributed by atoms with Crippen molar-refractivity contribution >= 4 is 39.4 Å². The molecule has 0 aliphatic carbocycles. The molecule has 0 atom stereocenters. The number of rotatable bonds is 14. The second-order valence-corrected chi connectivity index (χ2v) is 12.0. The molecule has 10 nitrogen and oxygen atoms in total. The summed E-state index contributed by atoms with van der Waals surface area (Å²) in [5.41, 5.74) is 5.05. The van der Waals surface area contributed by atoms with E-state index in [1.54, 1.807) is 42.5 Å². The molecule has 1 N–H and O–H groups in total. The largest absolute Gasteiger partial charge is 0.493 e. The van der Waals surface area contributed by atoms with Crippen LogP contribution in [0.4, 0.5) is 5.69 Å². The van der Waals surface area contributed by atoms with Crippen molar-refractivity contribution < 1.29 is 32.2 Å². The third kappa shape index (κ3) is 8.68. The first-order chi connectivity index (χ1) is 21.6. The summed E-state index contributed by atoms with van der Waals surface area (Å²) in [5, 5.41) is 4.67. The average molecular weight is 652 g/mol. The van der Waals surface area contributed by atoms with Crippen LogP contribution in [0.3, 0.4) is 0 Å². The summed E-state index contributed by atoms with van der Waals surface area (Å²) in [6.45, 7) is 3.87. The molecule has 0 saturated heterocycles. The molecule has 4 rings (SSSR count). The molecular weight excluding hydrogens is 618 g/mol. The van der Waals surface area contributed by atoms with Crippen LogP contribution < -0.4 is 28.7 Å². The fraction of sp³-hybridized carbons (Fsp3) is 0.212. The molecule has 0 aromatic heterocycles. The highest BCUT2D eigenvalue weighted by Crippen LogP contribution is 2.34. The molecule has 4 aromatic carbocycles. The summed E-state index contributed by atoms with van der Waals surface area (Å²) in [4.78, 5) is 13.1. The molecule has 0 heterocycles. The van der Waals surface area contributed by atoms with E-state index in [1.807, 2.05) is 32.0 Å². The number of nitrogens with one attached hydrogen (secondary N) is 1. The van der Waals surface area contributed by atoms with Crippen molar-refractivity contribution in [3.8, 4) is 23.0 Å². The van der Waals surface area contributed by atoms with Gasteiger partial charge in [-0.2, -0.15) is 5.10 Å². The number of anilines is 1. The van der Waals surface area contributed by atoms with E-state index in [0.717, 1.165) is 15.4 Å². The molecule has 0 aliphatic heterocycles. The van der Waals surface area contributed by atoms with Crippen molar-refractivity contribution in [1.82, 2.24) is 5.43 Å². The highest BCUT2D eigenvalue weighted by atomic mass is 35.5. The fourth-order valence-electron chi connectivity index (χ4n) is 4.26. The van der Waals surface area contributed by atoms with Gasteiger partial charge in [-0.25, -0.2) is 13.8 Å². The summed E-state index contributed by atoms with van der Waals surface area (Å²) in [5.74, 6) is 1.09. The van der Waals surface area contributed by atoms with Crippen LogP contribution in [0.25, 0.3) is 0 Å². The van der Waals surface area contributed by atoms with Gasteiger partial charge in [-0.15, -0.1) is 0 Å². The Labute approximate surface area is 268 Å². The monoisotopic (exact) mass is 651 g/mol. The lowest BCUT2D eigenvalue weighted by Gasteiger charge is -2.24. The molecule has 45 heavy (non-hydrogen) atoms. The molecule has 12 heteroatoms. The van der Waals surface area contributed by atoms with E-state index in [4.69, 9.17) is 30.5 Å². The van der Waals surface area contributed by atoms with E-state index < -0.39 is 22.5 Å². The lowest BCUT2D eigenvalue weighted by Crippen LogP contribution is -2.39. The number of hydrogen-bond donors (Lipinski definition) is 1. The maximum Gasteiger partial charge on any atom is 0.264 e. The quantitative estimate of drug-likeness (QED) is 0.132. The van der Waals surface area contributed by atoms with Crippen LogP contribution in [0, 0.1) is 6.92 Å². The fourth-order valence-corrected chi connectivity index (χ4v) is 5.88. The maximum atomic E-state index is 13.7. The molecule has 0 radical (unpaired) electrons. The van der Waals surface area contributed by atoms with Gasteiger partial charge in [-0.1, -0.05) is 41.4 Å². The van der Waals surface area contributed by atoms with E-state index in [0.29, 0.717) is 46.8 Å².